The van der Waals surface area contributed by atoms with Crippen molar-refractivity contribution in [2.24, 2.45) is 5.73 Å². The number of hydrogen-bond donors (Lipinski definition) is 2. The average molecular weight is 236 g/mol. The quantitative estimate of drug-likeness (QED) is 0.762. The summed E-state index contributed by atoms with van der Waals surface area (Å²) >= 11 is 0. The van der Waals surface area contributed by atoms with Gasteiger partial charge in [-0.15, -0.1) is 0 Å². The van der Waals surface area contributed by atoms with Crippen molar-refractivity contribution in [3.8, 4) is 0 Å². The van der Waals surface area contributed by atoms with Gasteiger partial charge in [-0.2, -0.15) is 0 Å². The summed E-state index contributed by atoms with van der Waals surface area (Å²) in [5.41, 5.74) is 7.41. The molecule has 1 aliphatic rings. The Hall–Kier alpha value is -1.17. The van der Waals surface area contributed by atoms with Crippen molar-refractivity contribution >= 4 is 5.69 Å². The topological polar surface area (TPSA) is 65.6 Å². The number of rotatable bonds is 3. The third-order valence-electron chi connectivity index (χ3n) is 3.25. The van der Waals surface area contributed by atoms with Crippen LogP contribution in [0, 0.1) is 0 Å². The van der Waals surface area contributed by atoms with E-state index in [2.05, 4.69) is 21.8 Å². The molecule has 1 aromatic rings. The van der Waals surface area contributed by atoms with Crippen LogP contribution in [0.15, 0.2) is 18.5 Å². The van der Waals surface area contributed by atoms with Gasteiger partial charge in [-0.3, -0.25) is 4.98 Å². The van der Waals surface area contributed by atoms with Crippen molar-refractivity contribution in [3.05, 3.63) is 24.0 Å². The van der Waals surface area contributed by atoms with E-state index in [0.29, 0.717) is 0 Å². The Morgan fingerprint density at radius 3 is 2.76 bits per heavy atom. The standard InChI is InChI=1S/C12H20N4O/c1-15-4-6-16(7-5-15)11-2-3-14-9-10(11)12(17)8-13/h2-3,9,12,17H,4-8,13H2,1H3. The summed E-state index contributed by atoms with van der Waals surface area (Å²) in [4.78, 5) is 8.66. The summed E-state index contributed by atoms with van der Waals surface area (Å²) in [7, 11) is 2.12. The monoisotopic (exact) mass is 236 g/mol. The van der Waals surface area contributed by atoms with Crippen molar-refractivity contribution in [3.63, 3.8) is 0 Å². The fourth-order valence-electron chi connectivity index (χ4n) is 2.12. The summed E-state index contributed by atoms with van der Waals surface area (Å²) in [6.07, 6.45) is 2.85. The highest BCUT2D eigenvalue weighted by molar-refractivity contribution is 5.53. The molecule has 0 bridgehead atoms. The summed E-state index contributed by atoms with van der Waals surface area (Å²) < 4.78 is 0. The Morgan fingerprint density at radius 2 is 2.12 bits per heavy atom. The first-order chi connectivity index (χ1) is 8.22. The lowest BCUT2D eigenvalue weighted by Gasteiger charge is -2.35. The van der Waals surface area contributed by atoms with Gasteiger partial charge in [0.2, 0.25) is 0 Å². The minimum Gasteiger partial charge on any atom is -0.387 e. The molecule has 1 saturated heterocycles. The Labute approximate surface area is 102 Å². The molecule has 1 atom stereocenters. The van der Waals surface area contributed by atoms with Crippen LogP contribution in [0.4, 0.5) is 5.69 Å². The molecule has 3 N–H and O–H groups in total. The van der Waals surface area contributed by atoms with E-state index >= 15 is 0 Å². The molecule has 1 unspecified atom stereocenters. The van der Waals surface area contributed by atoms with Crippen molar-refractivity contribution < 1.29 is 5.11 Å². The van der Waals surface area contributed by atoms with Crippen LogP contribution in [-0.2, 0) is 0 Å². The highest BCUT2D eigenvalue weighted by Gasteiger charge is 2.19. The molecule has 1 aromatic heterocycles. The predicted molar refractivity (Wildman–Crippen MR) is 68.0 cm³/mol. The van der Waals surface area contributed by atoms with Gasteiger partial charge in [-0.25, -0.2) is 0 Å². The number of nitrogens with two attached hydrogens (primary N) is 1. The molecule has 0 amide bonds. The molecule has 94 valence electrons. The van der Waals surface area contributed by atoms with Crippen LogP contribution >= 0.6 is 0 Å². The Kier molecular flexibility index (Phi) is 3.93. The molecular weight excluding hydrogens is 216 g/mol. The second kappa shape index (κ2) is 5.44. The highest BCUT2D eigenvalue weighted by Crippen LogP contribution is 2.25. The van der Waals surface area contributed by atoms with Gasteiger partial charge >= 0.3 is 0 Å². The van der Waals surface area contributed by atoms with E-state index in [1.54, 1.807) is 12.4 Å². The van der Waals surface area contributed by atoms with Crippen molar-refractivity contribution in [2.75, 3.05) is 44.7 Å². The lowest BCUT2D eigenvalue weighted by molar-refractivity contribution is 0.186. The van der Waals surface area contributed by atoms with Crippen LogP contribution in [0.5, 0.6) is 0 Å². The van der Waals surface area contributed by atoms with E-state index in [1.807, 2.05) is 6.07 Å². The van der Waals surface area contributed by atoms with Crippen LogP contribution in [0.2, 0.25) is 0 Å². The lowest BCUT2D eigenvalue weighted by atomic mass is 10.1. The zero-order valence-electron chi connectivity index (χ0n) is 10.2. The smallest absolute Gasteiger partial charge is 0.0947 e. The SMILES string of the molecule is CN1CCN(c2ccncc2C(O)CN)CC1. The normalized spacial score (nSPS) is 19.4. The van der Waals surface area contributed by atoms with Crippen molar-refractivity contribution in [1.82, 2.24) is 9.88 Å². The molecule has 5 heteroatoms. The van der Waals surface area contributed by atoms with Crippen LogP contribution in [0.25, 0.3) is 0 Å². The van der Waals surface area contributed by atoms with E-state index in [4.69, 9.17) is 5.73 Å². The average Bonchev–Trinajstić information content (AvgIpc) is 2.39. The zero-order valence-corrected chi connectivity index (χ0v) is 10.2. The van der Waals surface area contributed by atoms with Gasteiger partial charge in [-0.1, -0.05) is 0 Å². The largest absolute Gasteiger partial charge is 0.387 e. The molecule has 0 aromatic carbocycles. The molecule has 1 fully saturated rings. The van der Waals surface area contributed by atoms with Crippen LogP contribution in [-0.4, -0.2) is 54.8 Å². The Balaban J connectivity index is 2.19. The third kappa shape index (κ3) is 2.74. The zero-order chi connectivity index (χ0) is 12.3. The molecule has 5 nitrogen and oxygen atoms in total. The molecule has 17 heavy (non-hydrogen) atoms. The number of aliphatic hydroxyl groups is 1. The molecule has 1 aliphatic heterocycles. The van der Waals surface area contributed by atoms with Gasteiger partial charge in [0.15, 0.2) is 0 Å². The maximum absolute atomic E-state index is 9.89. The maximum atomic E-state index is 9.89. The molecule has 0 saturated carbocycles. The summed E-state index contributed by atoms with van der Waals surface area (Å²) in [5.74, 6) is 0. The first-order valence-electron chi connectivity index (χ1n) is 5.98. The van der Waals surface area contributed by atoms with Gasteiger partial charge in [-0.05, 0) is 13.1 Å². The number of piperazine rings is 1. The first-order valence-corrected chi connectivity index (χ1v) is 5.98. The Bertz CT molecular complexity index is 363. The second-order valence-corrected chi connectivity index (χ2v) is 4.48. The number of likely N-dealkylation sites (N-methyl/N-ethyl adjacent to an activating group) is 1. The maximum Gasteiger partial charge on any atom is 0.0947 e. The lowest BCUT2D eigenvalue weighted by Crippen LogP contribution is -2.45. The number of hydrogen-bond acceptors (Lipinski definition) is 5. The van der Waals surface area contributed by atoms with E-state index in [9.17, 15) is 5.11 Å². The van der Waals surface area contributed by atoms with Gasteiger partial charge in [0, 0.05) is 56.4 Å². The van der Waals surface area contributed by atoms with Crippen molar-refractivity contribution in [1.29, 1.82) is 0 Å². The number of aliphatic hydroxyl groups excluding tert-OH is 1. The Morgan fingerprint density at radius 1 is 1.41 bits per heavy atom. The molecule has 2 heterocycles. The fraction of sp³-hybridized carbons (Fsp3) is 0.583. The number of anilines is 1. The summed E-state index contributed by atoms with van der Waals surface area (Å²) in [5, 5.41) is 9.89. The van der Waals surface area contributed by atoms with E-state index < -0.39 is 6.10 Å². The van der Waals surface area contributed by atoms with Crippen LogP contribution in [0.3, 0.4) is 0 Å². The molecule has 0 spiro atoms. The molecule has 0 aliphatic carbocycles. The van der Waals surface area contributed by atoms with Gasteiger partial charge in [0.1, 0.15) is 0 Å². The van der Waals surface area contributed by atoms with E-state index in [1.165, 1.54) is 0 Å². The number of pyridine rings is 1. The number of nitrogens with zero attached hydrogens (tertiary/aromatic N) is 3. The van der Waals surface area contributed by atoms with Gasteiger partial charge in [0.25, 0.3) is 0 Å². The fourth-order valence-corrected chi connectivity index (χ4v) is 2.12. The van der Waals surface area contributed by atoms with E-state index in [-0.39, 0.29) is 6.54 Å². The van der Waals surface area contributed by atoms with Crippen molar-refractivity contribution in [2.45, 2.75) is 6.10 Å². The predicted octanol–water partition coefficient (Wildman–Crippen LogP) is -0.174. The summed E-state index contributed by atoms with van der Waals surface area (Å²) in [6, 6.07) is 1.96. The molecule has 2 rings (SSSR count). The number of aromatic nitrogens is 1. The first kappa shape index (κ1) is 12.3. The molecule has 0 radical (unpaired) electrons. The highest BCUT2D eigenvalue weighted by atomic mass is 16.3. The minimum atomic E-state index is -0.627. The second-order valence-electron chi connectivity index (χ2n) is 4.48. The van der Waals surface area contributed by atoms with Gasteiger partial charge in [0.05, 0.1) is 6.10 Å². The third-order valence-corrected chi connectivity index (χ3v) is 3.25. The van der Waals surface area contributed by atoms with E-state index in [0.717, 1.165) is 37.4 Å². The minimum absolute atomic E-state index is 0.229. The molecular formula is C12H20N4O. The van der Waals surface area contributed by atoms with Crippen LogP contribution < -0.4 is 10.6 Å². The summed E-state index contributed by atoms with van der Waals surface area (Å²) in [6.45, 7) is 4.27. The van der Waals surface area contributed by atoms with Gasteiger partial charge < -0.3 is 20.6 Å². The van der Waals surface area contributed by atoms with Crippen LogP contribution in [0.1, 0.15) is 11.7 Å².